The Morgan fingerprint density at radius 3 is 2.47 bits per heavy atom. The molecule has 0 unspecified atom stereocenters. The molecule has 0 aliphatic carbocycles. The third-order valence-corrected chi connectivity index (χ3v) is 2.25. The van der Waals surface area contributed by atoms with Crippen molar-refractivity contribution in [2.75, 3.05) is 13.7 Å². The van der Waals surface area contributed by atoms with E-state index >= 15 is 0 Å². The van der Waals surface area contributed by atoms with E-state index < -0.39 is 17.7 Å². The Hall–Kier alpha value is -1.98. The maximum atomic E-state index is 12.8. The van der Waals surface area contributed by atoms with E-state index in [1.807, 2.05) is 0 Å². The van der Waals surface area contributed by atoms with Gasteiger partial charge in [-0.15, -0.1) is 0 Å². The van der Waals surface area contributed by atoms with Crippen LogP contribution < -0.4 is 0 Å². The summed E-state index contributed by atoms with van der Waals surface area (Å²) in [6, 6.07) is 4.86. The molecule has 6 heteroatoms. The summed E-state index contributed by atoms with van der Waals surface area (Å²) in [6.07, 6.45) is -3.63. The molecule has 0 N–H and O–H groups in total. The first-order valence-electron chi connectivity index (χ1n) is 5.49. The summed E-state index contributed by atoms with van der Waals surface area (Å²) in [6.45, 7) is 1.73. The highest BCUT2D eigenvalue weighted by atomic mass is 19.4. The van der Waals surface area contributed by atoms with E-state index in [-0.39, 0.29) is 17.9 Å². The summed E-state index contributed by atoms with van der Waals surface area (Å²) in [4.78, 5) is 11.3. The third kappa shape index (κ3) is 4.01. The molecule has 1 rings (SSSR count). The maximum absolute atomic E-state index is 12.8. The van der Waals surface area contributed by atoms with Gasteiger partial charge in [-0.1, -0.05) is 18.2 Å². The molecule has 0 bridgehead atoms. The zero-order valence-corrected chi connectivity index (χ0v) is 10.5. The number of hydrogen-bond donors (Lipinski definition) is 0. The Balaban J connectivity index is 3.23. The molecule has 0 spiro atoms. The van der Waals surface area contributed by atoms with Crippen molar-refractivity contribution in [3.05, 3.63) is 41.5 Å². The minimum atomic E-state index is -4.52. The zero-order valence-electron chi connectivity index (χ0n) is 10.5. The van der Waals surface area contributed by atoms with Gasteiger partial charge in [-0.25, -0.2) is 4.79 Å². The molecule has 0 atom stereocenters. The Bertz CT molecular complexity index is 478. The summed E-state index contributed by atoms with van der Waals surface area (Å²) in [7, 11) is 1.19. The van der Waals surface area contributed by atoms with Gasteiger partial charge in [0, 0.05) is 5.56 Å². The lowest BCUT2D eigenvalue weighted by Crippen LogP contribution is -2.10. The van der Waals surface area contributed by atoms with E-state index in [0.29, 0.717) is 0 Å². The quantitative estimate of drug-likeness (QED) is 0.480. The second-order valence-electron chi connectivity index (χ2n) is 3.51. The van der Waals surface area contributed by atoms with Crippen LogP contribution in [0.1, 0.15) is 18.1 Å². The normalized spacial score (nSPS) is 12.2. The number of rotatable bonds is 4. The second-order valence-corrected chi connectivity index (χ2v) is 3.51. The molecule has 0 fully saturated rings. The first kappa shape index (κ1) is 15.1. The van der Waals surface area contributed by atoms with Gasteiger partial charge in [0.2, 0.25) is 0 Å². The third-order valence-electron chi connectivity index (χ3n) is 2.25. The van der Waals surface area contributed by atoms with E-state index in [9.17, 15) is 18.0 Å². The monoisotopic (exact) mass is 274 g/mol. The summed E-state index contributed by atoms with van der Waals surface area (Å²) in [5.74, 6) is -0.942. The molecule has 0 aliphatic rings. The molecule has 0 saturated carbocycles. The molecule has 0 saturated heterocycles. The first-order valence-corrected chi connectivity index (χ1v) is 5.49. The fraction of sp³-hybridized carbons (Fsp3) is 0.308. The number of benzene rings is 1. The van der Waals surface area contributed by atoms with Crippen LogP contribution >= 0.6 is 0 Å². The Kier molecular flexibility index (Phi) is 4.97. The topological polar surface area (TPSA) is 35.5 Å². The maximum Gasteiger partial charge on any atom is 0.417 e. The average Bonchev–Trinajstić information content (AvgIpc) is 2.35. The molecular weight excluding hydrogens is 261 g/mol. The van der Waals surface area contributed by atoms with E-state index in [1.165, 1.54) is 25.3 Å². The number of halogens is 3. The van der Waals surface area contributed by atoms with Crippen molar-refractivity contribution < 1.29 is 27.4 Å². The van der Waals surface area contributed by atoms with Crippen molar-refractivity contribution in [3.8, 4) is 0 Å². The molecule has 0 aliphatic heterocycles. The highest BCUT2D eigenvalue weighted by Crippen LogP contribution is 2.34. The SMILES string of the molecule is CCOC(=O)/C=C(/OC)c1ccccc1C(F)(F)F. The summed E-state index contributed by atoms with van der Waals surface area (Å²) >= 11 is 0. The van der Waals surface area contributed by atoms with Crippen LogP contribution in [-0.2, 0) is 20.4 Å². The van der Waals surface area contributed by atoms with Crippen LogP contribution in [0.3, 0.4) is 0 Å². The fourth-order valence-electron chi connectivity index (χ4n) is 1.48. The Morgan fingerprint density at radius 2 is 1.95 bits per heavy atom. The van der Waals surface area contributed by atoms with Crippen LogP contribution in [-0.4, -0.2) is 19.7 Å². The zero-order chi connectivity index (χ0) is 14.5. The number of carbonyl (C=O) groups excluding carboxylic acids is 1. The molecule has 0 radical (unpaired) electrons. The van der Waals surface area contributed by atoms with Crippen molar-refractivity contribution in [2.45, 2.75) is 13.1 Å². The van der Waals surface area contributed by atoms with Gasteiger partial charge < -0.3 is 9.47 Å². The van der Waals surface area contributed by atoms with Crippen LogP contribution in [0, 0.1) is 0 Å². The Labute approximate surface area is 108 Å². The number of carbonyl (C=O) groups is 1. The van der Waals surface area contributed by atoms with Gasteiger partial charge in [0.1, 0.15) is 5.76 Å². The van der Waals surface area contributed by atoms with Crippen molar-refractivity contribution in [3.63, 3.8) is 0 Å². The molecule has 0 aromatic heterocycles. The molecule has 0 heterocycles. The predicted molar refractivity (Wildman–Crippen MR) is 63.1 cm³/mol. The van der Waals surface area contributed by atoms with Crippen molar-refractivity contribution in [1.82, 2.24) is 0 Å². The van der Waals surface area contributed by atoms with Crippen molar-refractivity contribution >= 4 is 11.7 Å². The molecule has 3 nitrogen and oxygen atoms in total. The molecule has 0 amide bonds. The molecular formula is C13H13F3O3. The first-order chi connectivity index (χ1) is 8.90. The van der Waals surface area contributed by atoms with Gasteiger partial charge in [-0.3, -0.25) is 0 Å². The second kappa shape index (κ2) is 6.26. The van der Waals surface area contributed by atoms with Gasteiger partial charge in [0.05, 0.1) is 25.4 Å². The van der Waals surface area contributed by atoms with Gasteiger partial charge in [0.25, 0.3) is 0 Å². The van der Waals surface area contributed by atoms with Crippen LogP contribution in [0.15, 0.2) is 30.3 Å². The number of hydrogen-bond acceptors (Lipinski definition) is 3. The molecule has 1 aromatic carbocycles. The van der Waals surface area contributed by atoms with Crippen molar-refractivity contribution in [2.24, 2.45) is 0 Å². The van der Waals surface area contributed by atoms with Crippen LogP contribution in [0.2, 0.25) is 0 Å². The van der Waals surface area contributed by atoms with Gasteiger partial charge in [-0.05, 0) is 13.0 Å². The Morgan fingerprint density at radius 1 is 1.32 bits per heavy atom. The average molecular weight is 274 g/mol. The lowest BCUT2D eigenvalue weighted by atomic mass is 10.1. The highest BCUT2D eigenvalue weighted by molar-refractivity contribution is 5.90. The lowest BCUT2D eigenvalue weighted by molar-refractivity contribution is -0.139. The predicted octanol–water partition coefficient (Wildman–Crippen LogP) is 3.26. The molecule has 104 valence electrons. The standard InChI is InChI=1S/C13H13F3O3/c1-3-19-12(17)8-11(18-2)9-6-4-5-7-10(9)13(14,15)16/h4-8H,3H2,1-2H3/b11-8+. The van der Waals surface area contributed by atoms with E-state index in [4.69, 9.17) is 4.74 Å². The van der Waals surface area contributed by atoms with E-state index in [2.05, 4.69) is 4.74 Å². The number of ether oxygens (including phenoxy) is 2. The number of alkyl halides is 3. The smallest absolute Gasteiger partial charge is 0.417 e. The number of esters is 1. The summed E-state index contributed by atoms with van der Waals surface area (Å²) in [5.41, 5.74) is -1.07. The summed E-state index contributed by atoms with van der Waals surface area (Å²) in [5, 5.41) is 0. The van der Waals surface area contributed by atoms with Crippen molar-refractivity contribution in [1.29, 1.82) is 0 Å². The van der Waals surface area contributed by atoms with Gasteiger partial charge >= 0.3 is 12.1 Å². The minimum absolute atomic E-state index is 0.132. The van der Waals surface area contributed by atoms with Crippen LogP contribution in [0.5, 0.6) is 0 Å². The fourth-order valence-corrected chi connectivity index (χ4v) is 1.48. The van der Waals surface area contributed by atoms with Gasteiger partial charge in [-0.2, -0.15) is 13.2 Å². The van der Waals surface area contributed by atoms with E-state index in [1.54, 1.807) is 6.92 Å². The van der Waals surface area contributed by atoms with Crippen LogP contribution in [0.25, 0.3) is 5.76 Å². The minimum Gasteiger partial charge on any atom is -0.496 e. The van der Waals surface area contributed by atoms with E-state index in [0.717, 1.165) is 12.1 Å². The molecule has 1 aromatic rings. The highest BCUT2D eigenvalue weighted by Gasteiger charge is 2.34. The van der Waals surface area contributed by atoms with Gasteiger partial charge in [0.15, 0.2) is 0 Å². The summed E-state index contributed by atoms with van der Waals surface area (Å²) < 4.78 is 48.0. The largest absolute Gasteiger partial charge is 0.496 e. The lowest BCUT2D eigenvalue weighted by Gasteiger charge is -2.14. The molecule has 19 heavy (non-hydrogen) atoms. The van der Waals surface area contributed by atoms with Crippen LogP contribution in [0.4, 0.5) is 13.2 Å². The number of methoxy groups -OCH3 is 1.